The van der Waals surface area contributed by atoms with E-state index in [0.29, 0.717) is 19.1 Å². The zero-order valence-corrected chi connectivity index (χ0v) is 23.4. The van der Waals surface area contributed by atoms with E-state index in [1.165, 1.54) is 0 Å². The van der Waals surface area contributed by atoms with Crippen LogP contribution in [0.5, 0.6) is 5.75 Å². The summed E-state index contributed by atoms with van der Waals surface area (Å²) in [5.74, 6) is 1.06. The first-order valence-electron chi connectivity index (χ1n) is 14.0. The molecule has 0 fully saturated rings. The number of rotatable bonds is 9. The molecule has 0 aliphatic heterocycles. The molecule has 4 aromatic rings. The van der Waals surface area contributed by atoms with Crippen LogP contribution in [0.4, 0.5) is 5.69 Å². The van der Waals surface area contributed by atoms with Crippen molar-refractivity contribution >= 4 is 11.6 Å². The number of hydrogen-bond donors (Lipinski definition) is 0. The summed E-state index contributed by atoms with van der Waals surface area (Å²) >= 11 is 0. The number of amides is 1. The summed E-state index contributed by atoms with van der Waals surface area (Å²) in [7, 11) is 0. The molecule has 0 N–H and O–H groups in total. The summed E-state index contributed by atoms with van der Waals surface area (Å²) in [5.41, 5.74) is 6.18. The predicted octanol–water partition coefficient (Wildman–Crippen LogP) is 7.21. The van der Waals surface area contributed by atoms with E-state index in [4.69, 9.17) is 4.74 Å². The minimum Gasteiger partial charge on any atom is -0.489 e. The van der Waals surface area contributed by atoms with Gasteiger partial charge in [0.2, 0.25) is 5.91 Å². The third-order valence-electron chi connectivity index (χ3n) is 7.46. The maximum Gasteiger partial charge on any atom is 0.234 e. The fourth-order valence-electron chi connectivity index (χ4n) is 5.25. The van der Waals surface area contributed by atoms with Crippen LogP contribution < -0.4 is 9.64 Å². The average Bonchev–Trinajstić information content (AvgIpc) is 3.44. The lowest BCUT2D eigenvalue weighted by Crippen LogP contribution is -2.36. The zero-order chi connectivity index (χ0) is 27.4. The second-order valence-electron chi connectivity index (χ2n) is 11.0. The van der Waals surface area contributed by atoms with Crippen molar-refractivity contribution in [2.75, 3.05) is 4.90 Å². The summed E-state index contributed by atoms with van der Waals surface area (Å²) < 4.78 is 8.21. The van der Waals surface area contributed by atoms with Crippen LogP contribution in [0, 0.1) is 0 Å². The molecular formula is C33H38N4O2. The van der Waals surface area contributed by atoms with Gasteiger partial charge in [-0.3, -0.25) is 14.5 Å². The monoisotopic (exact) mass is 522 g/mol. The first kappa shape index (κ1) is 26.7. The SMILES string of the molecule is CC(C)c1ccc(N(Cc2cnn(C(C)C)c2)C(=O)C2CCCc3c(OCc4ccccc4)cccc32)cn1. The Balaban J connectivity index is 1.45. The molecule has 2 aromatic heterocycles. The van der Waals surface area contributed by atoms with Gasteiger partial charge in [-0.25, -0.2) is 0 Å². The van der Waals surface area contributed by atoms with Crippen molar-refractivity contribution in [3.8, 4) is 5.75 Å². The molecule has 0 radical (unpaired) electrons. The second kappa shape index (κ2) is 11.9. The smallest absolute Gasteiger partial charge is 0.234 e. The molecule has 0 bridgehead atoms. The lowest BCUT2D eigenvalue weighted by atomic mass is 9.81. The van der Waals surface area contributed by atoms with Crippen molar-refractivity contribution < 1.29 is 9.53 Å². The second-order valence-corrected chi connectivity index (χ2v) is 11.0. The van der Waals surface area contributed by atoms with Crippen LogP contribution in [0.1, 0.15) is 86.4 Å². The number of hydrogen-bond acceptors (Lipinski definition) is 4. The number of benzene rings is 2. The molecule has 0 saturated heterocycles. The van der Waals surface area contributed by atoms with Gasteiger partial charge in [-0.2, -0.15) is 5.10 Å². The molecule has 0 spiro atoms. The molecule has 1 aliphatic rings. The van der Waals surface area contributed by atoms with E-state index in [-0.39, 0.29) is 17.9 Å². The molecular weight excluding hydrogens is 484 g/mol. The van der Waals surface area contributed by atoms with E-state index in [1.54, 1.807) is 0 Å². The zero-order valence-electron chi connectivity index (χ0n) is 23.4. The van der Waals surface area contributed by atoms with Gasteiger partial charge in [-0.15, -0.1) is 0 Å². The molecule has 39 heavy (non-hydrogen) atoms. The molecule has 2 aromatic carbocycles. The van der Waals surface area contributed by atoms with Crippen molar-refractivity contribution in [1.29, 1.82) is 0 Å². The lowest BCUT2D eigenvalue weighted by molar-refractivity contribution is -0.120. The van der Waals surface area contributed by atoms with Crippen LogP contribution >= 0.6 is 0 Å². The van der Waals surface area contributed by atoms with Crippen LogP contribution in [0.25, 0.3) is 0 Å². The van der Waals surface area contributed by atoms with Crippen molar-refractivity contribution in [3.63, 3.8) is 0 Å². The quantitative estimate of drug-likeness (QED) is 0.233. The Bertz CT molecular complexity index is 1390. The third kappa shape index (κ3) is 6.06. The van der Waals surface area contributed by atoms with E-state index in [2.05, 4.69) is 56.0 Å². The van der Waals surface area contributed by atoms with E-state index in [1.807, 2.05) is 70.6 Å². The fraction of sp³-hybridized carbons (Fsp3) is 0.364. The minimum atomic E-state index is -0.237. The van der Waals surface area contributed by atoms with Crippen LogP contribution in [-0.4, -0.2) is 20.7 Å². The number of anilines is 1. The molecule has 6 heteroatoms. The van der Waals surface area contributed by atoms with Gasteiger partial charge in [0, 0.05) is 23.5 Å². The van der Waals surface area contributed by atoms with Crippen LogP contribution in [0.2, 0.25) is 0 Å². The van der Waals surface area contributed by atoms with Crippen molar-refractivity contribution in [1.82, 2.24) is 14.8 Å². The molecule has 202 valence electrons. The molecule has 5 rings (SSSR count). The van der Waals surface area contributed by atoms with Crippen molar-refractivity contribution in [3.05, 3.63) is 107 Å². The Hall–Kier alpha value is -3.93. The maximum atomic E-state index is 14.3. The number of fused-ring (bicyclic) bond motifs is 1. The number of pyridine rings is 1. The first-order valence-corrected chi connectivity index (χ1v) is 14.0. The highest BCUT2D eigenvalue weighted by molar-refractivity contribution is 5.98. The number of carbonyl (C=O) groups is 1. The third-order valence-corrected chi connectivity index (χ3v) is 7.46. The van der Waals surface area contributed by atoms with Gasteiger partial charge >= 0.3 is 0 Å². The summed E-state index contributed by atoms with van der Waals surface area (Å²) in [4.78, 5) is 20.9. The Morgan fingerprint density at radius 2 is 1.82 bits per heavy atom. The molecule has 1 atom stereocenters. The molecule has 1 aliphatic carbocycles. The summed E-state index contributed by atoms with van der Waals surface area (Å²) in [5, 5.41) is 4.51. The molecule has 0 saturated carbocycles. The van der Waals surface area contributed by atoms with Gasteiger partial charge in [0.15, 0.2) is 0 Å². The van der Waals surface area contributed by atoms with E-state index in [0.717, 1.165) is 58.6 Å². The van der Waals surface area contributed by atoms with Crippen LogP contribution in [0.3, 0.4) is 0 Å². The highest BCUT2D eigenvalue weighted by Crippen LogP contribution is 2.39. The van der Waals surface area contributed by atoms with E-state index in [9.17, 15) is 4.79 Å². The van der Waals surface area contributed by atoms with Gasteiger partial charge in [0.25, 0.3) is 0 Å². The van der Waals surface area contributed by atoms with Gasteiger partial charge in [-0.05, 0) is 73.9 Å². The molecule has 1 unspecified atom stereocenters. The molecule has 1 amide bonds. The topological polar surface area (TPSA) is 60.2 Å². The number of carbonyl (C=O) groups excluding carboxylic acids is 1. The fourth-order valence-corrected chi connectivity index (χ4v) is 5.25. The Morgan fingerprint density at radius 1 is 1.00 bits per heavy atom. The highest BCUT2D eigenvalue weighted by atomic mass is 16.5. The van der Waals surface area contributed by atoms with Crippen LogP contribution in [-0.2, 0) is 24.4 Å². The first-order chi connectivity index (χ1) is 18.9. The lowest BCUT2D eigenvalue weighted by Gasteiger charge is -2.31. The minimum absolute atomic E-state index is 0.0903. The van der Waals surface area contributed by atoms with Gasteiger partial charge in [-0.1, -0.05) is 56.3 Å². The summed E-state index contributed by atoms with van der Waals surface area (Å²) in [6.07, 6.45) is 8.40. The summed E-state index contributed by atoms with van der Waals surface area (Å²) in [6.45, 7) is 9.42. The maximum absolute atomic E-state index is 14.3. The number of nitrogens with zero attached hydrogens (tertiary/aromatic N) is 4. The molecule has 6 nitrogen and oxygen atoms in total. The van der Waals surface area contributed by atoms with Crippen molar-refractivity contribution in [2.24, 2.45) is 0 Å². The predicted molar refractivity (Wildman–Crippen MR) is 155 cm³/mol. The standard InChI is InChI=1S/C33H38N4O2/c1-23(2)31-17-16-27(19-34-31)36(20-26-18-35-37(21-26)24(3)4)33(38)30-14-8-13-29-28(30)12-9-15-32(29)39-22-25-10-6-5-7-11-25/h5-7,9-12,15-19,21,23-24,30H,8,13-14,20,22H2,1-4H3. The summed E-state index contributed by atoms with van der Waals surface area (Å²) in [6, 6.07) is 20.7. The van der Waals surface area contributed by atoms with Crippen LogP contribution in [0.15, 0.2) is 79.3 Å². The van der Waals surface area contributed by atoms with E-state index >= 15 is 0 Å². The Morgan fingerprint density at radius 3 is 2.51 bits per heavy atom. The van der Waals surface area contributed by atoms with Gasteiger partial charge in [0.1, 0.15) is 12.4 Å². The van der Waals surface area contributed by atoms with Crippen molar-refractivity contribution in [2.45, 2.75) is 78.0 Å². The number of ether oxygens (including phenoxy) is 1. The largest absolute Gasteiger partial charge is 0.489 e. The highest BCUT2D eigenvalue weighted by Gasteiger charge is 2.32. The Kier molecular flexibility index (Phi) is 8.10. The Labute approximate surface area is 231 Å². The normalized spacial score (nSPS) is 14.9. The van der Waals surface area contributed by atoms with Gasteiger partial charge < -0.3 is 9.64 Å². The number of aromatic nitrogens is 3. The average molecular weight is 523 g/mol. The van der Waals surface area contributed by atoms with E-state index < -0.39 is 0 Å². The molecule has 2 heterocycles. The van der Waals surface area contributed by atoms with Gasteiger partial charge in [0.05, 0.1) is 30.5 Å².